The number of nitrogens with one attached hydrogen (secondary N) is 2. The maximum absolute atomic E-state index is 12.0. The second-order valence-corrected chi connectivity index (χ2v) is 5.64. The Morgan fingerprint density at radius 2 is 1.78 bits per heavy atom. The van der Waals surface area contributed by atoms with Crippen LogP contribution in [0, 0.1) is 11.8 Å². The Morgan fingerprint density at radius 1 is 1.11 bits per heavy atom. The third-order valence-corrected chi connectivity index (χ3v) is 4.17. The molecule has 18 heavy (non-hydrogen) atoms. The van der Waals surface area contributed by atoms with Gasteiger partial charge in [0.2, 0.25) is 5.91 Å². The molecule has 1 amide bonds. The van der Waals surface area contributed by atoms with Gasteiger partial charge in [0.15, 0.2) is 0 Å². The molecule has 0 aromatic heterocycles. The number of rotatable bonds is 8. The Labute approximate surface area is 112 Å². The number of amides is 1. The van der Waals surface area contributed by atoms with E-state index in [-0.39, 0.29) is 11.8 Å². The Bertz CT molecular complexity index is 225. The zero-order chi connectivity index (χ0) is 13.2. The summed E-state index contributed by atoms with van der Waals surface area (Å²) in [6.07, 6.45) is 9.97. The van der Waals surface area contributed by atoms with Crippen LogP contribution in [-0.4, -0.2) is 26.0 Å². The maximum atomic E-state index is 12.0. The second-order valence-electron chi connectivity index (χ2n) is 5.64. The first-order valence-corrected chi connectivity index (χ1v) is 7.68. The molecule has 1 rings (SSSR count). The van der Waals surface area contributed by atoms with E-state index in [1.165, 1.54) is 44.9 Å². The van der Waals surface area contributed by atoms with Crippen molar-refractivity contribution in [1.82, 2.24) is 10.6 Å². The molecule has 2 N–H and O–H groups in total. The van der Waals surface area contributed by atoms with Crippen molar-refractivity contribution in [3.63, 3.8) is 0 Å². The van der Waals surface area contributed by atoms with E-state index in [0.29, 0.717) is 5.92 Å². The van der Waals surface area contributed by atoms with Gasteiger partial charge in [-0.15, -0.1) is 0 Å². The predicted molar refractivity (Wildman–Crippen MR) is 76.5 cm³/mol. The second kappa shape index (κ2) is 9.37. The van der Waals surface area contributed by atoms with Crippen LogP contribution in [0.4, 0.5) is 0 Å². The van der Waals surface area contributed by atoms with Crippen LogP contribution in [-0.2, 0) is 4.79 Å². The topological polar surface area (TPSA) is 41.1 Å². The first-order valence-electron chi connectivity index (χ1n) is 7.68. The molecule has 1 atom stereocenters. The van der Waals surface area contributed by atoms with Crippen LogP contribution in [0.5, 0.6) is 0 Å². The van der Waals surface area contributed by atoms with Gasteiger partial charge in [0.05, 0.1) is 0 Å². The molecule has 0 aromatic carbocycles. The first kappa shape index (κ1) is 15.5. The molecule has 0 heterocycles. The fraction of sp³-hybridized carbons (Fsp3) is 0.933. The largest absolute Gasteiger partial charge is 0.356 e. The van der Waals surface area contributed by atoms with Crippen molar-refractivity contribution in [3.05, 3.63) is 0 Å². The highest BCUT2D eigenvalue weighted by atomic mass is 16.1. The Kier molecular flexibility index (Phi) is 8.06. The molecule has 0 bridgehead atoms. The number of unbranched alkanes of at least 4 members (excludes halogenated alkanes) is 2. The number of hydrogen-bond acceptors (Lipinski definition) is 2. The molecular weight excluding hydrogens is 224 g/mol. The number of carbonyl (C=O) groups excluding carboxylic acids is 1. The van der Waals surface area contributed by atoms with Crippen molar-refractivity contribution in [2.24, 2.45) is 11.8 Å². The molecular formula is C15H30N2O. The summed E-state index contributed by atoms with van der Waals surface area (Å²) in [5.74, 6) is 1.11. The normalized spacial score (nSPS) is 18.6. The lowest BCUT2D eigenvalue weighted by Gasteiger charge is -2.26. The SMILES string of the molecule is CNCCCCCNC(=O)[C@H](C)C1CCCCC1. The van der Waals surface area contributed by atoms with Crippen LogP contribution in [0.25, 0.3) is 0 Å². The van der Waals surface area contributed by atoms with Crippen molar-refractivity contribution in [1.29, 1.82) is 0 Å². The first-order chi connectivity index (χ1) is 8.75. The van der Waals surface area contributed by atoms with Gasteiger partial charge in [0, 0.05) is 12.5 Å². The highest BCUT2D eigenvalue weighted by Gasteiger charge is 2.24. The van der Waals surface area contributed by atoms with E-state index >= 15 is 0 Å². The highest BCUT2D eigenvalue weighted by molar-refractivity contribution is 5.78. The van der Waals surface area contributed by atoms with Gasteiger partial charge in [-0.2, -0.15) is 0 Å². The van der Waals surface area contributed by atoms with E-state index in [1.807, 2.05) is 7.05 Å². The minimum atomic E-state index is 0.211. The Morgan fingerprint density at radius 3 is 2.44 bits per heavy atom. The molecule has 3 heteroatoms. The van der Waals surface area contributed by atoms with Crippen LogP contribution < -0.4 is 10.6 Å². The zero-order valence-corrected chi connectivity index (χ0v) is 12.1. The van der Waals surface area contributed by atoms with Crippen molar-refractivity contribution in [3.8, 4) is 0 Å². The molecule has 106 valence electrons. The summed E-state index contributed by atoms with van der Waals surface area (Å²) in [6.45, 7) is 4.03. The van der Waals surface area contributed by atoms with E-state index in [4.69, 9.17) is 0 Å². The molecule has 0 unspecified atom stereocenters. The smallest absolute Gasteiger partial charge is 0.223 e. The lowest BCUT2D eigenvalue weighted by Crippen LogP contribution is -2.34. The van der Waals surface area contributed by atoms with Gasteiger partial charge in [-0.1, -0.05) is 32.6 Å². The monoisotopic (exact) mass is 254 g/mol. The van der Waals surface area contributed by atoms with E-state index in [9.17, 15) is 4.79 Å². The third-order valence-electron chi connectivity index (χ3n) is 4.17. The summed E-state index contributed by atoms with van der Waals surface area (Å²) in [5, 5.41) is 6.24. The van der Waals surface area contributed by atoms with E-state index in [1.54, 1.807) is 0 Å². The number of hydrogen-bond donors (Lipinski definition) is 2. The van der Waals surface area contributed by atoms with Crippen molar-refractivity contribution in [2.45, 2.75) is 58.3 Å². The molecule has 0 saturated heterocycles. The minimum absolute atomic E-state index is 0.211. The molecule has 0 aliphatic heterocycles. The van der Waals surface area contributed by atoms with Gasteiger partial charge in [-0.25, -0.2) is 0 Å². The summed E-state index contributed by atoms with van der Waals surface area (Å²) in [6, 6.07) is 0. The van der Waals surface area contributed by atoms with E-state index < -0.39 is 0 Å². The third kappa shape index (κ3) is 5.85. The van der Waals surface area contributed by atoms with Crippen LogP contribution in [0.1, 0.15) is 58.3 Å². The quantitative estimate of drug-likeness (QED) is 0.654. The van der Waals surface area contributed by atoms with Crippen molar-refractivity contribution >= 4 is 5.91 Å². The fourth-order valence-electron chi connectivity index (χ4n) is 2.82. The summed E-state index contributed by atoms with van der Waals surface area (Å²) in [7, 11) is 1.98. The molecule has 1 saturated carbocycles. The molecule has 1 aliphatic carbocycles. The Balaban J connectivity index is 2.07. The zero-order valence-electron chi connectivity index (χ0n) is 12.1. The highest BCUT2D eigenvalue weighted by Crippen LogP contribution is 2.29. The van der Waals surface area contributed by atoms with E-state index in [2.05, 4.69) is 17.6 Å². The van der Waals surface area contributed by atoms with Crippen LogP contribution in [0.15, 0.2) is 0 Å². The molecule has 0 radical (unpaired) electrons. The number of carbonyl (C=O) groups is 1. The summed E-state index contributed by atoms with van der Waals surface area (Å²) in [5.41, 5.74) is 0. The summed E-state index contributed by atoms with van der Waals surface area (Å²) >= 11 is 0. The van der Waals surface area contributed by atoms with Gasteiger partial charge in [0.25, 0.3) is 0 Å². The van der Waals surface area contributed by atoms with Gasteiger partial charge in [-0.05, 0) is 45.2 Å². The van der Waals surface area contributed by atoms with Gasteiger partial charge < -0.3 is 10.6 Å². The Hall–Kier alpha value is -0.570. The maximum Gasteiger partial charge on any atom is 0.223 e. The molecule has 3 nitrogen and oxygen atoms in total. The van der Waals surface area contributed by atoms with Gasteiger partial charge >= 0.3 is 0 Å². The average molecular weight is 254 g/mol. The van der Waals surface area contributed by atoms with Gasteiger partial charge in [0.1, 0.15) is 0 Å². The van der Waals surface area contributed by atoms with Crippen LogP contribution >= 0.6 is 0 Å². The molecule has 0 spiro atoms. The molecule has 1 aliphatic rings. The lowest BCUT2D eigenvalue weighted by atomic mass is 9.80. The average Bonchev–Trinajstić information content (AvgIpc) is 2.42. The molecule has 1 fully saturated rings. The van der Waals surface area contributed by atoms with Crippen molar-refractivity contribution in [2.75, 3.05) is 20.1 Å². The minimum Gasteiger partial charge on any atom is -0.356 e. The predicted octanol–water partition coefficient (Wildman–Crippen LogP) is 2.71. The summed E-state index contributed by atoms with van der Waals surface area (Å²) < 4.78 is 0. The molecule has 0 aromatic rings. The lowest BCUT2D eigenvalue weighted by molar-refractivity contribution is -0.126. The fourth-order valence-corrected chi connectivity index (χ4v) is 2.82. The summed E-state index contributed by atoms with van der Waals surface area (Å²) in [4.78, 5) is 12.0. The standard InChI is InChI=1S/C15H30N2O/c1-13(14-9-5-3-6-10-14)15(18)17-12-8-4-7-11-16-2/h13-14,16H,3-12H2,1-2H3,(H,17,18)/t13-/m1/s1. The van der Waals surface area contributed by atoms with Crippen molar-refractivity contribution < 1.29 is 4.79 Å². The van der Waals surface area contributed by atoms with Gasteiger partial charge in [-0.3, -0.25) is 4.79 Å². The van der Waals surface area contributed by atoms with E-state index in [0.717, 1.165) is 19.5 Å². The van der Waals surface area contributed by atoms with Crippen LogP contribution in [0.2, 0.25) is 0 Å². The van der Waals surface area contributed by atoms with Crippen LogP contribution in [0.3, 0.4) is 0 Å².